The van der Waals surface area contributed by atoms with E-state index in [1.54, 1.807) is 22.8 Å². The Labute approximate surface area is 114 Å². The normalized spacial score (nSPS) is 11.1. The molecule has 20 heavy (non-hydrogen) atoms. The number of hydrogen-bond donors (Lipinski definition) is 1. The van der Waals surface area contributed by atoms with Crippen molar-refractivity contribution in [2.45, 2.75) is 19.9 Å². The fraction of sp³-hybridized carbons (Fsp3) is 0.214. The molecular weight excluding hydrogens is 259 g/mol. The molecule has 0 aliphatic heterocycles. The zero-order chi connectivity index (χ0) is 14.1. The van der Waals surface area contributed by atoms with Gasteiger partial charge in [0, 0.05) is 12.0 Å². The smallest absolute Gasteiger partial charge is 0.277 e. The van der Waals surface area contributed by atoms with Crippen LogP contribution in [0.3, 0.4) is 0 Å². The summed E-state index contributed by atoms with van der Waals surface area (Å²) in [6.45, 7) is 2.15. The zero-order valence-corrected chi connectivity index (χ0v) is 10.9. The minimum Gasteiger partial charge on any atom is -0.320 e. The van der Waals surface area contributed by atoms with E-state index in [2.05, 4.69) is 15.0 Å². The highest BCUT2D eigenvalue weighted by Crippen LogP contribution is 2.12. The van der Waals surface area contributed by atoms with E-state index in [-0.39, 0.29) is 17.9 Å². The van der Waals surface area contributed by atoms with Crippen molar-refractivity contribution >= 4 is 11.2 Å². The van der Waals surface area contributed by atoms with Crippen molar-refractivity contribution in [3.63, 3.8) is 0 Å². The number of fused-ring (bicyclic) bond motifs is 1. The van der Waals surface area contributed by atoms with Crippen LogP contribution in [0.1, 0.15) is 18.3 Å². The Morgan fingerprint density at radius 3 is 2.90 bits per heavy atom. The van der Waals surface area contributed by atoms with Gasteiger partial charge in [0.2, 0.25) is 0 Å². The lowest BCUT2D eigenvalue weighted by Crippen LogP contribution is -2.15. The predicted molar refractivity (Wildman–Crippen MR) is 73.0 cm³/mol. The molecular formula is C14H13FN4O. The first kappa shape index (κ1) is 12.5. The molecule has 2 heterocycles. The number of benzene rings is 1. The first-order valence-electron chi connectivity index (χ1n) is 6.36. The molecule has 6 heteroatoms. The van der Waals surface area contributed by atoms with Gasteiger partial charge in [-0.3, -0.25) is 4.79 Å². The second-order valence-corrected chi connectivity index (χ2v) is 4.50. The van der Waals surface area contributed by atoms with E-state index >= 15 is 0 Å². The van der Waals surface area contributed by atoms with Gasteiger partial charge in [-0.15, -0.1) is 0 Å². The molecule has 2 aromatic heterocycles. The van der Waals surface area contributed by atoms with Gasteiger partial charge in [-0.25, -0.2) is 14.4 Å². The van der Waals surface area contributed by atoms with Gasteiger partial charge in [0.1, 0.15) is 11.6 Å². The minimum absolute atomic E-state index is 0.249. The molecule has 0 saturated carbocycles. The zero-order valence-electron chi connectivity index (χ0n) is 10.9. The van der Waals surface area contributed by atoms with E-state index in [9.17, 15) is 9.18 Å². The van der Waals surface area contributed by atoms with Crippen molar-refractivity contribution in [3.8, 4) is 0 Å². The van der Waals surface area contributed by atoms with Gasteiger partial charge >= 0.3 is 0 Å². The highest BCUT2D eigenvalue weighted by molar-refractivity contribution is 5.69. The molecule has 3 rings (SSSR count). The largest absolute Gasteiger partial charge is 0.320 e. The Kier molecular flexibility index (Phi) is 3.06. The summed E-state index contributed by atoms with van der Waals surface area (Å²) in [7, 11) is 0. The van der Waals surface area contributed by atoms with Crippen molar-refractivity contribution in [2.75, 3.05) is 0 Å². The van der Waals surface area contributed by atoms with Crippen molar-refractivity contribution in [1.82, 2.24) is 19.5 Å². The van der Waals surface area contributed by atoms with Crippen LogP contribution in [0.2, 0.25) is 0 Å². The van der Waals surface area contributed by atoms with Gasteiger partial charge in [-0.1, -0.05) is 25.1 Å². The van der Waals surface area contributed by atoms with Gasteiger partial charge in [-0.2, -0.15) is 0 Å². The van der Waals surface area contributed by atoms with Crippen molar-refractivity contribution in [3.05, 3.63) is 58.2 Å². The summed E-state index contributed by atoms with van der Waals surface area (Å²) in [4.78, 5) is 23.2. The lowest BCUT2D eigenvalue weighted by atomic mass is 10.2. The highest BCUT2D eigenvalue weighted by atomic mass is 19.1. The minimum atomic E-state index is -0.302. The van der Waals surface area contributed by atoms with Crippen LogP contribution in [0.5, 0.6) is 0 Å². The molecule has 0 aliphatic rings. The summed E-state index contributed by atoms with van der Waals surface area (Å²) in [6.07, 6.45) is 2.14. The molecule has 1 aromatic carbocycles. The van der Waals surface area contributed by atoms with Crippen LogP contribution >= 0.6 is 0 Å². The van der Waals surface area contributed by atoms with Gasteiger partial charge in [0.15, 0.2) is 11.2 Å². The Hall–Kier alpha value is -2.50. The van der Waals surface area contributed by atoms with Crippen LogP contribution in [0, 0.1) is 5.82 Å². The molecule has 0 saturated heterocycles. The quantitative estimate of drug-likeness (QED) is 0.791. The summed E-state index contributed by atoms with van der Waals surface area (Å²) in [6, 6.07) is 6.47. The standard InChI is InChI=1S/C14H13FN4O/c1-2-11-17-13-12(14(20)18-11)19(8-16-13)7-9-5-3-4-6-10(9)15/h3-6,8H,2,7H2,1H3,(H,17,18,20). The number of aryl methyl sites for hydroxylation is 1. The third kappa shape index (κ3) is 2.09. The van der Waals surface area contributed by atoms with E-state index in [1.165, 1.54) is 12.4 Å². The lowest BCUT2D eigenvalue weighted by molar-refractivity contribution is 0.601. The molecule has 0 amide bonds. The maximum atomic E-state index is 13.7. The molecule has 0 radical (unpaired) electrons. The van der Waals surface area contributed by atoms with E-state index in [0.717, 1.165) is 0 Å². The fourth-order valence-corrected chi connectivity index (χ4v) is 2.13. The SMILES string of the molecule is CCc1nc2ncn(Cc3ccccc3F)c2c(=O)[nH]1. The van der Waals surface area contributed by atoms with Crippen molar-refractivity contribution in [2.24, 2.45) is 0 Å². The second-order valence-electron chi connectivity index (χ2n) is 4.50. The molecule has 0 fully saturated rings. The molecule has 1 N–H and O–H groups in total. The van der Waals surface area contributed by atoms with Gasteiger partial charge in [0.25, 0.3) is 5.56 Å². The van der Waals surface area contributed by atoms with Crippen LogP contribution < -0.4 is 5.56 Å². The molecule has 5 nitrogen and oxygen atoms in total. The Morgan fingerprint density at radius 1 is 1.35 bits per heavy atom. The molecule has 0 aliphatic carbocycles. The van der Waals surface area contributed by atoms with Crippen LogP contribution in [-0.4, -0.2) is 19.5 Å². The molecule has 0 unspecified atom stereocenters. The second kappa shape index (κ2) is 4.88. The number of aromatic amines is 1. The van der Waals surface area contributed by atoms with E-state index in [4.69, 9.17) is 0 Å². The number of nitrogens with zero attached hydrogens (tertiary/aromatic N) is 3. The maximum absolute atomic E-state index is 13.7. The van der Waals surface area contributed by atoms with Crippen LogP contribution in [0.15, 0.2) is 35.4 Å². The van der Waals surface area contributed by atoms with Gasteiger partial charge in [0.05, 0.1) is 12.9 Å². The van der Waals surface area contributed by atoms with Crippen LogP contribution in [0.4, 0.5) is 4.39 Å². The van der Waals surface area contributed by atoms with E-state index < -0.39 is 0 Å². The topological polar surface area (TPSA) is 63.6 Å². The molecule has 0 bridgehead atoms. The predicted octanol–water partition coefficient (Wildman–Crippen LogP) is 1.87. The highest BCUT2D eigenvalue weighted by Gasteiger charge is 2.11. The Balaban J connectivity index is 2.10. The number of H-pyrrole nitrogens is 1. The summed E-state index contributed by atoms with van der Waals surface area (Å²) in [5.41, 5.74) is 1.01. The van der Waals surface area contributed by atoms with Crippen molar-refractivity contribution < 1.29 is 4.39 Å². The van der Waals surface area contributed by atoms with Gasteiger partial charge < -0.3 is 9.55 Å². The third-order valence-corrected chi connectivity index (χ3v) is 3.17. The summed E-state index contributed by atoms with van der Waals surface area (Å²) < 4.78 is 15.3. The van der Waals surface area contributed by atoms with Crippen LogP contribution in [-0.2, 0) is 13.0 Å². The average Bonchev–Trinajstić information content (AvgIpc) is 2.85. The van der Waals surface area contributed by atoms with Crippen molar-refractivity contribution in [1.29, 1.82) is 0 Å². The third-order valence-electron chi connectivity index (χ3n) is 3.17. The van der Waals surface area contributed by atoms with E-state index in [1.807, 2.05) is 6.92 Å². The number of hydrogen-bond acceptors (Lipinski definition) is 3. The Morgan fingerprint density at radius 2 is 2.15 bits per heavy atom. The molecule has 102 valence electrons. The monoisotopic (exact) mass is 272 g/mol. The first-order chi connectivity index (χ1) is 9.69. The lowest BCUT2D eigenvalue weighted by Gasteiger charge is -2.05. The number of halogens is 1. The van der Waals surface area contributed by atoms with Gasteiger partial charge in [-0.05, 0) is 6.07 Å². The summed E-state index contributed by atoms with van der Waals surface area (Å²) in [5, 5.41) is 0. The molecule has 0 spiro atoms. The maximum Gasteiger partial charge on any atom is 0.277 e. The molecule has 0 atom stereocenters. The Bertz CT molecular complexity index is 821. The molecule has 3 aromatic rings. The summed E-state index contributed by atoms with van der Waals surface area (Å²) in [5.74, 6) is 0.294. The number of aromatic nitrogens is 4. The average molecular weight is 272 g/mol. The number of rotatable bonds is 3. The first-order valence-corrected chi connectivity index (χ1v) is 6.36. The van der Waals surface area contributed by atoms with Crippen LogP contribution in [0.25, 0.3) is 11.2 Å². The number of imidazole rings is 1. The van der Waals surface area contributed by atoms with E-state index in [0.29, 0.717) is 29.0 Å². The number of nitrogens with one attached hydrogen (secondary N) is 1. The fourth-order valence-electron chi connectivity index (χ4n) is 2.13. The summed E-state index contributed by atoms with van der Waals surface area (Å²) >= 11 is 0.